The summed E-state index contributed by atoms with van der Waals surface area (Å²) in [6.07, 6.45) is 2.92. The average molecular weight is 575 g/mol. The summed E-state index contributed by atoms with van der Waals surface area (Å²) in [5.74, 6) is 1.42. The van der Waals surface area contributed by atoms with E-state index in [9.17, 15) is 9.59 Å². The molecule has 218 valence electrons. The number of aryl methyl sites for hydroxylation is 3. The second-order valence-electron chi connectivity index (χ2n) is 10.7. The number of rotatable bonds is 11. The van der Waals surface area contributed by atoms with E-state index in [1.54, 1.807) is 4.57 Å². The van der Waals surface area contributed by atoms with Gasteiger partial charge in [0.05, 0.1) is 0 Å². The van der Waals surface area contributed by atoms with E-state index in [-0.39, 0.29) is 11.2 Å². The first-order valence-corrected chi connectivity index (χ1v) is 14.8. The first-order chi connectivity index (χ1) is 21.1. The molecule has 3 heterocycles. The van der Waals surface area contributed by atoms with Gasteiger partial charge in [-0.25, -0.2) is 14.9 Å². The third kappa shape index (κ3) is 5.55. The molecule has 0 aliphatic carbocycles. The van der Waals surface area contributed by atoms with Gasteiger partial charge >= 0.3 is 5.69 Å². The number of hydrogen-bond acceptors (Lipinski definition) is 6. The molecular formula is C33H34N8O2. The molecule has 0 saturated carbocycles. The van der Waals surface area contributed by atoms with Gasteiger partial charge in [-0.3, -0.25) is 13.9 Å². The van der Waals surface area contributed by atoms with Gasteiger partial charge in [0.1, 0.15) is 5.82 Å². The highest BCUT2D eigenvalue weighted by Gasteiger charge is 2.21. The fourth-order valence-corrected chi connectivity index (χ4v) is 5.62. The maximum Gasteiger partial charge on any atom is 0.332 e. The molecule has 43 heavy (non-hydrogen) atoms. The minimum absolute atomic E-state index is 0.279. The molecule has 6 rings (SSSR count). The third-order valence-electron chi connectivity index (χ3n) is 7.71. The second-order valence-corrected chi connectivity index (χ2v) is 10.7. The molecule has 0 radical (unpaired) electrons. The second kappa shape index (κ2) is 12.4. The van der Waals surface area contributed by atoms with Crippen LogP contribution in [0.2, 0.25) is 0 Å². The number of H-pyrrole nitrogens is 1. The Bertz CT molecular complexity index is 1950. The van der Waals surface area contributed by atoms with Crippen LogP contribution in [0, 0.1) is 0 Å². The third-order valence-corrected chi connectivity index (χ3v) is 7.71. The number of aromatic amines is 1. The van der Waals surface area contributed by atoms with Crippen molar-refractivity contribution in [3.05, 3.63) is 117 Å². The Balaban J connectivity index is 1.41. The van der Waals surface area contributed by atoms with E-state index < -0.39 is 0 Å². The van der Waals surface area contributed by atoms with E-state index in [4.69, 9.17) is 4.98 Å². The molecule has 10 heteroatoms. The smallest absolute Gasteiger partial charge is 0.318 e. The van der Waals surface area contributed by atoms with Gasteiger partial charge in [-0.05, 0) is 51.9 Å². The Morgan fingerprint density at radius 1 is 0.721 bits per heavy atom. The lowest BCUT2D eigenvalue weighted by Crippen LogP contribution is -2.41. The summed E-state index contributed by atoms with van der Waals surface area (Å²) in [5, 5.41) is 14.4. The Hall–Kier alpha value is -5.12. The molecule has 0 unspecified atom stereocenters. The van der Waals surface area contributed by atoms with Gasteiger partial charge in [-0.2, -0.15) is 0 Å². The number of hydrogen-bond donors (Lipinski definition) is 1. The van der Waals surface area contributed by atoms with Crippen LogP contribution in [0.25, 0.3) is 33.7 Å². The van der Waals surface area contributed by atoms with Gasteiger partial charge in [0.25, 0.3) is 5.56 Å². The fraction of sp³-hybridized carbons (Fsp3) is 0.273. The lowest BCUT2D eigenvalue weighted by Gasteiger charge is -2.13. The van der Waals surface area contributed by atoms with E-state index in [2.05, 4.69) is 63.9 Å². The number of nitrogens with zero attached hydrogens (tertiary/aromatic N) is 7. The predicted molar refractivity (Wildman–Crippen MR) is 167 cm³/mol. The van der Waals surface area contributed by atoms with E-state index in [0.29, 0.717) is 55.9 Å². The van der Waals surface area contributed by atoms with Crippen LogP contribution >= 0.6 is 0 Å². The van der Waals surface area contributed by atoms with Crippen molar-refractivity contribution in [1.29, 1.82) is 0 Å². The molecular weight excluding hydrogens is 540 g/mol. The lowest BCUT2D eigenvalue weighted by atomic mass is 9.98. The largest absolute Gasteiger partial charge is 0.332 e. The molecule has 0 atom stereocenters. The predicted octanol–water partition coefficient (Wildman–Crippen LogP) is 4.86. The van der Waals surface area contributed by atoms with E-state index in [1.807, 2.05) is 54.0 Å². The zero-order valence-corrected chi connectivity index (χ0v) is 24.4. The monoisotopic (exact) mass is 574 g/mol. The van der Waals surface area contributed by atoms with Crippen molar-refractivity contribution in [2.24, 2.45) is 0 Å². The summed E-state index contributed by atoms with van der Waals surface area (Å²) in [4.78, 5) is 32.4. The topological polar surface area (TPSA) is 116 Å². The normalized spacial score (nSPS) is 11.4. The molecule has 0 bridgehead atoms. The molecule has 0 aliphatic rings. The van der Waals surface area contributed by atoms with E-state index in [1.165, 1.54) is 4.57 Å². The Morgan fingerprint density at radius 3 is 2.16 bits per heavy atom. The van der Waals surface area contributed by atoms with Gasteiger partial charge in [-0.1, -0.05) is 92.7 Å². The first-order valence-electron chi connectivity index (χ1n) is 14.8. The summed E-state index contributed by atoms with van der Waals surface area (Å²) < 4.78 is 5.07. The fourth-order valence-electron chi connectivity index (χ4n) is 5.62. The van der Waals surface area contributed by atoms with Crippen LogP contribution in [0.1, 0.15) is 43.6 Å². The van der Waals surface area contributed by atoms with Crippen molar-refractivity contribution in [2.45, 2.75) is 59.2 Å². The highest BCUT2D eigenvalue weighted by atomic mass is 16.2. The summed E-state index contributed by atoms with van der Waals surface area (Å²) in [5.41, 5.74) is 5.48. The van der Waals surface area contributed by atoms with Gasteiger partial charge in [0, 0.05) is 31.6 Å². The van der Waals surface area contributed by atoms with E-state index in [0.717, 1.165) is 40.1 Å². The van der Waals surface area contributed by atoms with Crippen LogP contribution < -0.4 is 11.2 Å². The molecule has 0 fully saturated rings. The standard InChI is InChI=1S/C33H34N8O2/c1-3-10-28-34-31-29(32(42)40(20-4-2)33(43)39(31)21-19-23-11-6-5-7-12-23)41(28)22-24-15-17-25(18-16-24)26-13-8-9-14-27(26)30-35-37-38-36-30/h5-9,11-18H,3-4,10,19-22H2,1-2H3,(H,35,36,37,38). The minimum Gasteiger partial charge on any atom is -0.318 e. The summed E-state index contributed by atoms with van der Waals surface area (Å²) in [6.45, 7) is 5.35. The number of benzene rings is 3. The molecule has 6 aromatic rings. The van der Waals surface area contributed by atoms with Crippen LogP contribution in [0.4, 0.5) is 0 Å². The van der Waals surface area contributed by atoms with E-state index >= 15 is 0 Å². The molecule has 0 amide bonds. The van der Waals surface area contributed by atoms with Gasteiger partial charge in [-0.15, -0.1) is 5.10 Å². The SMILES string of the molecule is CCCc1nc2c(c(=O)n(CCC)c(=O)n2CCc2ccccc2)n1Cc1ccc(-c2ccccc2-c2nnn[nH]2)cc1. The van der Waals surface area contributed by atoms with Gasteiger partial charge in [0.2, 0.25) is 0 Å². The molecule has 0 saturated heterocycles. The summed E-state index contributed by atoms with van der Waals surface area (Å²) in [6, 6.07) is 26.3. The molecule has 10 nitrogen and oxygen atoms in total. The van der Waals surface area contributed by atoms with Crippen LogP contribution in [0.3, 0.4) is 0 Å². The number of nitrogens with one attached hydrogen (secondary N) is 1. The number of tetrazole rings is 1. The quantitative estimate of drug-likeness (QED) is 0.236. The number of fused-ring (bicyclic) bond motifs is 1. The number of imidazole rings is 1. The van der Waals surface area contributed by atoms with Crippen LogP contribution in [-0.4, -0.2) is 39.3 Å². The zero-order valence-electron chi connectivity index (χ0n) is 24.4. The average Bonchev–Trinajstić information content (AvgIpc) is 3.70. The molecule has 0 spiro atoms. The maximum absolute atomic E-state index is 13.9. The molecule has 3 aromatic carbocycles. The minimum atomic E-state index is -0.298. The van der Waals surface area contributed by atoms with Crippen LogP contribution in [-0.2, 0) is 32.5 Å². The highest BCUT2D eigenvalue weighted by Crippen LogP contribution is 2.30. The van der Waals surface area contributed by atoms with Crippen molar-refractivity contribution in [2.75, 3.05) is 0 Å². The molecule has 1 N–H and O–H groups in total. The van der Waals surface area contributed by atoms with Gasteiger partial charge < -0.3 is 4.57 Å². The van der Waals surface area contributed by atoms with Crippen molar-refractivity contribution in [3.8, 4) is 22.5 Å². The number of aromatic nitrogens is 8. The Kier molecular flexibility index (Phi) is 8.08. The highest BCUT2D eigenvalue weighted by molar-refractivity contribution is 5.80. The van der Waals surface area contributed by atoms with Crippen LogP contribution in [0.5, 0.6) is 0 Å². The van der Waals surface area contributed by atoms with Crippen molar-refractivity contribution >= 4 is 11.2 Å². The first kappa shape index (κ1) is 28.0. The molecule has 0 aliphatic heterocycles. The summed E-state index contributed by atoms with van der Waals surface area (Å²) in [7, 11) is 0. The zero-order chi connectivity index (χ0) is 29.8. The lowest BCUT2D eigenvalue weighted by molar-refractivity contribution is 0.558. The molecule has 3 aromatic heterocycles. The van der Waals surface area contributed by atoms with Crippen molar-refractivity contribution in [1.82, 2.24) is 39.3 Å². The van der Waals surface area contributed by atoms with Crippen molar-refractivity contribution < 1.29 is 0 Å². The maximum atomic E-state index is 13.9. The Labute approximate surface area is 248 Å². The van der Waals surface area contributed by atoms with Crippen LogP contribution in [0.15, 0.2) is 88.5 Å². The van der Waals surface area contributed by atoms with Crippen molar-refractivity contribution in [3.63, 3.8) is 0 Å². The summed E-state index contributed by atoms with van der Waals surface area (Å²) >= 11 is 0. The Morgan fingerprint density at radius 2 is 1.47 bits per heavy atom. The van der Waals surface area contributed by atoms with Gasteiger partial charge in [0.15, 0.2) is 17.0 Å².